The summed E-state index contributed by atoms with van der Waals surface area (Å²) < 4.78 is 0.903. The Kier molecular flexibility index (Phi) is 11.9. The van der Waals surface area contributed by atoms with E-state index in [-0.39, 0.29) is 0 Å². The summed E-state index contributed by atoms with van der Waals surface area (Å²) in [5, 5.41) is 15.8. The lowest BCUT2D eigenvalue weighted by Crippen LogP contribution is -2.48. The van der Waals surface area contributed by atoms with Gasteiger partial charge in [0, 0.05) is 0 Å². The third-order valence-electron chi connectivity index (χ3n) is 2.42. The number of hydrogen-bond donors (Lipinski definition) is 2. The van der Waals surface area contributed by atoms with Crippen molar-refractivity contribution < 1.29 is 19.5 Å². The lowest BCUT2D eigenvalue weighted by atomic mass is 10.3. The molecule has 2 N–H and O–H groups in total. The molecule has 19 heavy (non-hydrogen) atoms. The third-order valence-corrected chi connectivity index (χ3v) is 2.42. The Morgan fingerprint density at radius 2 is 1.21 bits per heavy atom. The van der Waals surface area contributed by atoms with E-state index in [0.29, 0.717) is 0 Å². The van der Waals surface area contributed by atoms with E-state index in [1.165, 1.54) is 6.92 Å². The summed E-state index contributed by atoms with van der Waals surface area (Å²) >= 11 is 0. The topological polar surface area (TPSA) is 57.5 Å². The van der Waals surface area contributed by atoms with Gasteiger partial charge >= 0.3 is 5.97 Å². The zero-order valence-electron chi connectivity index (χ0n) is 11.8. The molecule has 0 saturated heterocycles. The van der Waals surface area contributed by atoms with Gasteiger partial charge in [-0.3, -0.25) is 0 Å². The molecule has 0 aliphatic heterocycles. The van der Waals surface area contributed by atoms with Gasteiger partial charge < -0.3 is 14.7 Å². The maximum Gasteiger partial charge on any atom is 0.332 e. The van der Waals surface area contributed by atoms with Gasteiger partial charge in [-0.25, -0.2) is 4.79 Å². The lowest BCUT2D eigenvalue weighted by molar-refractivity contribution is -0.906. The van der Waals surface area contributed by atoms with Crippen molar-refractivity contribution in [2.45, 2.75) is 13.0 Å². The highest BCUT2D eigenvalue weighted by Gasteiger charge is 2.20. The van der Waals surface area contributed by atoms with Crippen LogP contribution in [0.5, 0.6) is 0 Å². The normalized spacial score (nSPS) is 11.5. The standard InChI is InChI=1S/C12H20N.C3H6O3/c1-5-9-13(10-6-2,11-7-3)12-8-4;1-2(4)3(5)6/h5-8H,1-4,9-12H2;2,4H,1H3,(H,5,6)/q+1;. The summed E-state index contributed by atoms with van der Waals surface area (Å²) in [5.74, 6) is -1.19. The van der Waals surface area contributed by atoms with Gasteiger partial charge in [0.25, 0.3) is 0 Å². The molecule has 0 amide bonds. The molecular weight excluding hydrogens is 242 g/mol. The molecule has 1 unspecified atom stereocenters. The molecule has 0 aromatic carbocycles. The summed E-state index contributed by atoms with van der Waals surface area (Å²) in [5.41, 5.74) is 0. The second kappa shape index (κ2) is 11.4. The molecule has 0 aromatic rings. The van der Waals surface area contributed by atoms with Crippen LogP contribution in [-0.2, 0) is 4.79 Å². The maximum atomic E-state index is 9.45. The van der Waals surface area contributed by atoms with Crippen molar-refractivity contribution in [3.05, 3.63) is 50.6 Å². The fourth-order valence-corrected chi connectivity index (χ4v) is 1.54. The molecule has 0 radical (unpaired) electrons. The zero-order valence-corrected chi connectivity index (χ0v) is 11.8. The van der Waals surface area contributed by atoms with Gasteiger partial charge in [-0.05, 0) is 31.2 Å². The molecule has 0 heterocycles. The average molecular weight is 268 g/mol. The van der Waals surface area contributed by atoms with Gasteiger partial charge in [-0.2, -0.15) is 0 Å². The molecule has 108 valence electrons. The van der Waals surface area contributed by atoms with Gasteiger partial charge in [-0.1, -0.05) is 26.3 Å². The Hall–Kier alpha value is -1.65. The van der Waals surface area contributed by atoms with Gasteiger partial charge in [0.1, 0.15) is 6.10 Å². The van der Waals surface area contributed by atoms with E-state index in [1.807, 2.05) is 24.3 Å². The van der Waals surface area contributed by atoms with Crippen LogP contribution >= 0.6 is 0 Å². The van der Waals surface area contributed by atoms with Gasteiger partial charge in [-0.15, -0.1) is 0 Å². The van der Waals surface area contributed by atoms with E-state index in [1.54, 1.807) is 0 Å². The molecule has 0 spiro atoms. The molecule has 0 saturated carbocycles. The number of aliphatic hydroxyl groups is 1. The van der Waals surface area contributed by atoms with Crippen LogP contribution < -0.4 is 0 Å². The predicted octanol–water partition coefficient (Wildman–Crippen LogP) is 2.00. The first-order valence-corrected chi connectivity index (χ1v) is 6.08. The van der Waals surface area contributed by atoms with E-state index in [4.69, 9.17) is 10.2 Å². The highest BCUT2D eigenvalue weighted by Crippen LogP contribution is 2.07. The zero-order chi connectivity index (χ0) is 15.3. The van der Waals surface area contributed by atoms with Crippen molar-refractivity contribution in [3.63, 3.8) is 0 Å². The van der Waals surface area contributed by atoms with Crippen molar-refractivity contribution in [3.8, 4) is 0 Å². The van der Waals surface area contributed by atoms with E-state index in [9.17, 15) is 4.79 Å². The molecule has 0 bridgehead atoms. The quantitative estimate of drug-likeness (QED) is 0.497. The Labute approximate surface area is 116 Å². The molecule has 0 aromatic heterocycles. The van der Waals surface area contributed by atoms with Gasteiger partial charge in [0.15, 0.2) is 0 Å². The smallest absolute Gasteiger partial charge is 0.332 e. The van der Waals surface area contributed by atoms with Crippen LogP contribution in [0.25, 0.3) is 0 Å². The van der Waals surface area contributed by atoms with Crippen LogP contribution in [0.15, 0.2) is 50.6 Å². The molecule has 0 rings (SSSR count). The van der Waals surface area contributed by atoms with E-state index >= 15 is 0 Å². The van der Waals surface area contributed by atoms with E-state index in [2.05, 4.69) is 26.3 Å². The van der Waals surface area contributed by atoms with Crippen molar-refractivity contribution in [2.75, 3.05) is 26.2 Å². The molecule has 1 atom stereocenters. The number of aliphatic carboxylic acids is 1. The van der Waals surface area contributed by atoms with Crippen LogP contribution in [0.3, 0.4) is 0 Å². The SMILES string of the molecule is C=CC[N+](CC=C)(CC=C)CC=C.CC(O)C(=O)O. The molecule has 4 nitrogen and oxygen atoms in total. The molecule has 0 fully saturated rings. The largest absolute Gasteiger partial charge is 0.479 e. The minimum atomic E-state index is -1.23. The monoisotopic (exact) mass is 268 g/mol. The van der Waals surface area contributed by atoms with Crippen LogP contribution in [0.1, 0.15) is 6.92 Å². The molecule has 0 aliphatic carbocycles. The number of quaternary nitrogens is 1. The molecule has 0 aliphatic rings. The lowest BCUT2D eigenvalue weighted by Gasteiger charge is -2.35. The number of carboxylic acids is 1. The fraction of sp³-hybridized carbons (Fsp3) is 0.400. The van der Waals surface area contributed by atoms with Crippen molar-refractivity contribution >= 4 is 5.97 Å². The van der Waals surface area contributed by atoms with Crippen LogP contribution in [0.2, 0.25) is 0 Å². The van der Waals surface area contributed by atoms with E-state index < -0.39 is 12.1 Å². The number of carbonyl (C=O) groups is 1. The number of aliphatic hydroxyl groups excluding tert-OH is 1. The Bertz CT molecular complexity index is 263. The minimum absolute atomic E-state index is 0.903. The number of hydrogen-bond acceptors (Lipinski definition) is 2. The first-order chi connectivity index (χ1) is 8.89. The first kappa shape index (κ1) is 19.7. The minimum Gasteiger partial charge on any atom is -0.479 e. The van der Waals surface area contributed by atoms with Crippen molar-refractivity contribution in [1.82, 2.24) is 0 Å². The number of rotatable bonds is 9. The first-order valence-electron chi connectivity index (χ1n) is 6.08. The molecule has 4 heteroatoms. The van der Waals surface area contributed by atoms with Crippen LogP contribution in [0, 0.1) is 0 Å². The summed E-state index contributed by atoms with van der Waals surface area (Å²) in [6.07, 6.45) is 6.53. The number of carboxylic acid groups (broad SMARTS) is 1. The van der Waals surface area contributed by atoms with Crippen molar-refractivity contribution in [2.24, 2.45) is 0 Å². The van der Waals surface area contributed by atoms with Gasteiger partial charge in [0.05, 0.1) is 26.2 Å². The van der Waals surface area contributed by atoms with Crippen LogP contribution in [-0.4, -0.2) is 52.9 Å². The summed E-state index contributed by atoms with van der Waals surface area (Å²) in [7, 11) is 0. The predicted molar refractivity (Wildman–Crippen MR) is 79.8 cm³/mol. The highest BCUT2D eigenvalue weighted by molar-refractivity contribution is 5.71. The van der Waals surface area contributed by atoms with Crippen LogP contribution in [0.4, 0.5) is 0 Å². The van der Waals surface area contributed by atoms with E-state index in [0.717, 1.165) is 30.7 Å². The second-order valence-corrected chi connectivity index (χ2v) is 4.24. The van der Waals surface area contributed by atoms with Gasteiger partial charge in [0.2, 0.25) is 0 Å². The molecular formula is C15H26NO3+. The fourth-order valence-electron chi connectivity index (χ4n) is 1.54. The summed E-state index contributed by atoms with van der Waals surface area (Å²) in [6.45, 7) is 20.0. The Morgan fingerprint density at radius 3 is 1.32 bits per heavy atom. The second-order valence-electron chi connectivity index (χ2n) is 4.24. The Morgan fingerprint density at radius 1 is 1.00 bits per heavy atom. The van der Waals surface area contributed by atoms with Crippen molar-refractivity contribution in [1.29, 1.82) is 0 Å². The summed E-state index contributed by atoms with van der Waals surface area (Å²) in [6, 6.07) is 0. The maximum absolute atomic E-state index is 9.45. The number of nitrogens with zero attached hydrogens (tertiary/aromatic N) is 1. The third kappa shape index (κ3) is 10.00. The average Bonchev–Trinajstić information content (AvgIpc) is 2.31. The summed E-state index contributed by atoms with van der Waals surface area (Å²) in [4.78, 5) is 9.45. The highest BCUT2D eigenvalue weighted by atomic mass is 16.4. The Balaban J connectivity index is 0.